The minimum atomic E-state index is -3.70. The maximum Gasteiger partial charge on any atom is 0.269 e. The molecule has 1 unspecified atom stereocenters. The fourth-order valence-electron chi connectivity index (χ4n) is 2.39. The summed E-state index contributed by atoms with van der Waals surface area (Å²) in [7, 11) is -3.70. The van der Waals surface area contributed by atoms with Crippen molar-refractivity contribution in [3.63, 3.8) is 0 Å². The van der Waals surface area contributed by atoms with Gasteiger partial charge >= 0.3 is 0 Å². The standard InChI is InChI=1S/C16H16N2O4S/c19-11-14(20)9-12-8-13-6-7-18(16(13)17-10-12)23(21,22)15-4-2-1-3-5-15/h1-8,10,14,19-20H,9,11H2. The molecule has 2 aromatic heterocycles. The number of benzene rings is 1. The maximum absolute atomic E-state index is 12.7. The second kappa shape index (κ2) is 6.11. The van der Waals surface area contributed by atoms with Crippen molar-refractivity contribution >= 4 is 21.1 Å². The first-order valence-corrected chi connectivity index (χ1v) is 8.52. The Balaban J connectivity index is 2.04. The average Bonchev–Trinajstić information content (AvgIpc) is 2.99. The number of pyridine rings is 1. The van der Waals surface area contributed by atoms with Gasteiger partial charge in [0.15, 0.2) is 5.65 Å². The molecule has 6 nitrogen and oxygen atoms in total. The van der Waals surface area contributed by atoms with E-state index in [1.807, 2.05) is 0 Å². The third kappa shape index (κ3) is 2.98. The van der Waals surface area contributed by atoms with E-state index in [-0.39, 0.29) is 17.9 Å². The Morgan fingerprint density at radius 3 is 2.61 bits per heavy atom. The van der Waals surface area contributed by atoms with Gasteiger partial charge in [-0.3, -0.25) is 0 Å². The van der Waals surface area contributed by atoms with Crippen LogP contribution in [-0.4, -0.2) is 40.3 Å². The van der Waals surface area contributed by atoms with Gasteiger partial charge in [0.25, 0.3) is 10.0 Å². The van der Waals surface area contributed by atoms with Crippen LogP contribution in [0.5, 0.6) is 0 Å². The van der Waals surface area contributed by atoms with Gasteiger partial charge in [0, 0.05) is 24.2 Å². The quantitative estimate of drug-likeness (QED) is 0.732. The highest BCUT2D eigenvalue weighted by atomic mass is 32.2. The molecule has 23 heavy (non-hydrogen) atoms. The lowest BCUT2D eigenvalue weighted by molar-refractivity contribution is 0.0955. The molecule has 0 aliphatic carbocycles. The first-order chi connectivity index (χ1) is 11.0. The Hall–Kier alpha value is -2.22. The van der Waals surface area contributed by atoms with Gasteiger partial charge in [-0.1, -0.05) is 18.2 Å². The van der Waals surface area contributed by atoms with Crippen LogP contribution in [0.4, 0.5) is 0 Å². The molecule has 0 fully saturated rings. The molecule has 0 amide bonds. The summed E-state index contributed by atoms with van der Waals surface area (Å²) in [5.74, 6) is 0. The fourth-order valence-corrected chi connectivity index (χ4v) is 3.72. The largest absolute Gasteiger partial charge is 0.394 e. The number of hydrogen-bond acceptors (Lipinski definition) is 5. The van der Waals surface area contributed by atoms with Gasteiger partial charge in [0.2, 0.25) is 0 Å². The molecule has 0 radical (unpaired) electrons. The average molecular weight is 332 g/mol. The molecule has 2 N–H and O–H groups in total. The van der Waals surface area contributed by atoms with Crippen LogP contribution in [0.3, 0.4) is 0 Å². The topological polar surface area (TPSA) is 92.4 Å². The number of nitrogens with zero attached hydrogens (tertiary/aromatic N) is 2. The van der Waals surface area contributed by atoms with Crippen molar-refractivity contribution in [3.8, 4) is 0 Å². The number of rotatable bonds is 5. The van der Waals surface area contributed by atoms with Gasteiger partial charge in [0.05, 0.1) is 17.6 Å². The van der Waals surface area contributed by atoms with Gasteiger partial charge in [-0.15, -0.1) is 0 Å². The molecule has 3 aromatic rings. The number of aromatic nitrogens is 2. The van der Waals surface area contributed by atoms with E-state index in [2.05, 4.69) is 4.98 Å². The van der Waals surface area contributed by atoms with E-state index in [9.17, 15) is 13.5 Å². The van der Waals surface area contributed by atoms with E-state index >= 15 is 0 Å². The number of aliphatic hydroxyl groups is 2. The molecule has 0 spiro atoms. The van der Waals surface area contributed by atoms with Crippen LogP contribution in [0, 0.1) is 0 Å². The third-order valence-corrected chi connectivity index (χ3v) is 5.21. The first-order valence-electron chi connectivity index (χ1n) is 7.08. The zero-order valence-electron chi connectivity index (χ0n) is 12.2. The van der Waals surface area contributed by atoms with Gasteiger partial charge in [0.1, 0.15) is 0 Å². The SMILES string of the molecule is O=S(=O)(c1ccccc1)n1ccc2cc(CC(O)CO)cnc21. The van der Waals surface area contributed by atoms with Crippen molar-refractivity contribution in [3.05, 3.63) is 60.4 Å². The van der Waals surface area contributed by atoms with E-state index in [1.165, 1.54) is 24.5 Å². The van der Waals surface area contributed by atoms with E-state index in [1.54, 1.807) is 30.3 Å². The summed E-state index contributed by atoms with van der Waals surface area (Å²) in [5.41, 5.74) is 1.06. The Morgan fingerprint density at radius 1 is 1.17 bits per heavy atom. The van der Waals surface area contributed by atoms with Crippen LogP contribution < -0.4 is 0 Å². The van der Waals surface area contributed by atoms with Gasteiger partial charge in [-0.25, -0.2) is 17.4 Å². The molecule has 120 valence electrons. The van der Waals surface area contributed by atoms with Crippen molar-refractivity contribution in [1.29, 1.82) is 0 Å². The summed E-state index contributed by atoms with van der Waals surface area (Å²) >= 11 is 0. The van der Waals surface area contributed by atoms with Crippen LogP contribution in [0.1, 0.15) is 5.56 Å². The molecule has 3 rings (SSSR count). The second-order valence-electron chi connectivity index (χ2n) is 5.23. The Labute approximate surface area is 133 Å². The van der Waals surface area contributed by atoms with Crippen molar-refractivity contribution in [2.24, 2.45) is 0 Å². The normalized spacial score (nSPS) is 13.3. The molecule has 1 aromatic carbocycles. The van der Waals surface area contributed by atoms with Crippen molar-refractivity contribution in [1.82, 2.24) is 8.96 Å². The van der Waals surface area contributed by atoms with Crippen LogP contribution in [0.25, 0.3) is 11.0 Å². The highest BCUT2D eigenvalue weighted by Gasteiger charge is 2.19. The molecule has 0 aliphatic rings. The monoisotopic (exact) mass is 332 g/mol. The second-order valence-corrected chi connectivity index (χ2v) is 7.04. The van der Waals surface area contributed by atoms with Crippen LogP contribution >= 0.6 is 0 Å². The van der Waals surface area contributed by atoms with Gasteiger partial charge in [-0.2, -0.15) is 0 Å². The molecule has 0 saturated carbocycles. The summed E-state index contributed by atoms with van der Waals surface area (Å²) < 4.78 is 26.5. The smallest absolute Gasteiger partial charge is 0.269 e. The van der Waals surface area contributed by atoms with E-state index in [0.717, 1.165) is 9.54 Å². The van der Waals surface area contributed by atoms with Gasteiger partial charge < -0.3 is 10.2 Å². The van der Waals surface area contributed by atoms with Crippen molar-refractivity contribution in [2.75, 3.05) is 6.61 Å². The van der Waals surface area contributed by atoms with Crippen molar-refractivity contribution < 1.29 is 18.6 Å². The Morgan fingerprint density at radius 2 is 1.91 bits per heavy atom. The minimum Gasteiger partial charge on any atom is -0.394 e. The minimum absolute atomic E-state index is 0.194. The van der Waals surface area contributed by atoms with Crippen LogP contribution in [0.2, 0.25) is 0 Å². The predicted molar refractivity (Wildman–Crippen MR) is 85.6 cm³/mol. The Kier molecular flexibility index (Phi) is 4.16. The predicted octanol–water partition coefficient (Wildman–Crippen LogP) is 1.17. The van der Waals surface area contributed by atoms with E-state index in [4.69, 9.17) is 5.11 Å². The molecule has 0 aliphatic heterocycles. The van der Waals surface area contributed by atoms with Crippen molar-refractivity contribution in [2.45, 2.75) is 17.4 Å². The molecule has 0 bridgehead atoms. The zero-order chi connectivity index (χ0) is 16.4. The molecule has 7 heteroatoms. The van der Waals surface area contributed by atoms with Crippen LogP contribution in [0.15, 0.2) is 59.8 Å². The molecule has 0 saturated heterocycles. The first kappa shape index (κ1) is 15.7. The number of aliphatic hydroxyl groups excluding tert-OH is 2. The summed E-state index contributed by atoms with van der Waals surface area (Å²) in [6.45, 7) is -0.332. The summed E-state index contributed by atoms with van der Waals surface area (Å²) in [6, 6.07) is 11.6. The summed E-state index contributed by atoms with van der Waals surface area (Å²) in [5, 5.41) is 19.0. The molecular weight excluding hydrogens is 316 g/mol. The lowest BCUT2D eigenvalue weighted by Gasteiger charge is -2.08. The lowest BCUT2D eigenvalue weighted by Crippen LogP contribution is -2.15. The lowest BCUT2D eigenvalue weighted by atomic mass is 10.1. The zero-order valence-corrected chi connectivity index (χ0v) is 13.0. The number of hydrogen-bond donors (Lipinski definition) is 2. The summed E-state index contributed by atoms with van der Waals surface area (Å²) in [4.78, 5) is 4.40. The summed E-state index contributed by atoms with van der Waals surface area (Å²) in [6.07, 6.45) is 2.38. The fraction of sp³-hybridized carbons (Fsp3) is 0.188. The van der Waals surface area contributed by atoms with Crippen LogP contribution in [-0.2, 0) is 16.4 Å². The third-order valence-electron chi connectivity index (χ3n) is 3.53. The molecular formula is C16H16N2O4S. The van der Waals surface area contributed by atoms with E-state index in [0.29, 0.717) is 11.0 Å². The van der Waals surface area contributed by atoms with Gasteiger partial charge in [-0.05, 0) is 29.8 Å². The maximum atomic E-state index is 12.7. The van der Waals surface area contributed by atoms with E-state index < -0.39 is 16.1 Å². The Bertz CT molecular complexity index is 920. The highest BCUT2D eigenvalue weighted by Crippen LogP contribution is 2.21. The molecule has 1 atom stereocenters. The highest BCUT2D eigenvalue weighted by molar-refractivity contribution is 7.90. The molecule has 2 heterocycles. The number of fused-ring (bicyclic) bond motifs is 1.